The number of alkyl halides is 11. The van der Waals surface area contributed by atoms with Crippen molar-refractivity contribution in [2.75, 3.05) is 6.67 Å². The Hall–Kier alpha value is -0.910. The predicted octanol–water partition coefficient (Wildman–Crippen LogP) is 4.56. The second-order valence-corrected chi connectivity index (χ2v) is 3.40. The molecule has 121 valence electrons. The highest BCUT2D eigenvalue weighted by Gasteiger charge is 2.88. The van der Waals surface area contributed by atoms with Gasteiger partial charge in [0.25, 0.3) is 0 Å². The van der Waals surface area contributed by atoms with Gasteiger partial charge in [-0.1, -0.05) is 0 Å². The average Bonchev–Trinajstić information content (AvgIpc) is 2.27. The topological polar surface area (TPSA) is 0 Å². The van der Waals surface area contributed by atoms with Crippen LogP contribution < -0.4 is 0 Å². The third kappa shape index (κ3) is 2.28. The van der Waals surface area contributed by atoms with E-state index in [0.717, 1.165) is 0 Å². The van der Waals surface area contributed by atoms with Crippen molar-refractivity contribution in [3.05, 3.63) is 6.43 Å². The van der Waals surface area contributed by atoms with Crippen molar-refractivity contribution in [2.45, 2.75) is 29.6 Å². The van der Waals surface area contributed by atoms with Gasteiger partial charge in [-0.15, -0.1) is 0 Å². The van der Waals surface area contributed by atoms with E-state index in [9.17, 15) is 57.1 Å². The molecule has 0 aromatic carbocycles. The summed E-state index contributed by atoms with van der Waals surface area (Å²) < 4.78 is 158. The highest BCUT2D eigenvalue weighted by atomic mass is 19.4. The molecule has 0 aliphatic rings. The fourth-order valence-corrected chi connectivity index (χ4v) is 0.827. The predicted molar refractivity (Wildman–Crippen MR) is 36.2 cm³/mol. The third-order valence-corrected chi connectivity index (χ3v) is 2.05. The Balaban J connectivity index is 5.98. The van der Waals surface area contributed by atoms with Crippen LogP contribution in [0, 0.1) is 6.43 Å². The highest BCUT2D eigenvalue weighted by molar-refractivity contribution is 5.11. The molecule has 0 aliphatic heterocycles. The van der Waals surface area contributed by atoms with Gasteiger partial charge >= 0.3 is 36.0 Å². The fraction of sp³-hybridized carbons (Fsp3) is 0.857. The minimum absolute atomic E-state index is 3.61. The molecule has 0 heterocycles. The summed E-state index contributed by atoms with van der Waals surface area (Å²) in [6.45, 7) is -3.61. The highest BCUT2D eigenvalue weighted by Crippen LogP contribution is 2.59. The van der Waals surface area contributed by atoms with Gasteiger partial charge in [0.15, 0.2) is 6.67 Å². The van der Waals surface area contributed by atoms with Gasteiger partial charge in [-0.2, -0.15) is 52.7 Å². The minimum Gasteiger partial charge on any atom is -0.244 e. The summed E-state index contributed by atoms with van der Waals surface area (Å²) in [6.07, 6.45) is -4.71. The molecule has 0 N–H and O–H groups in total. The first-order valence-electron chi connectivity index (χ1n) is 4.14. The lowest BCUT2D eigenvalue weighted by atomic mass is 9.95. The van der Waals surface area contributed by atoms with Crippen LogP contribution in [0.25, 0.3) is 0 Å². The van der Waals surface area contributed by atoms with Gasteiger partial charge in [0.2, 0.25) is 0 Å². The lowest BCUT2D eigenvalue weighted by Gasteiger charge is -2.38. The first kappa shape index (κ1) is 19.1. The largest absolute Gasteiger partial charge is 0.385 e. The quantitative estimate of drug-likeness (QED) is 0.625. The lowest BCUT2D eigenvalue weighted by Crippen LogP contribution is -2.68. The summed E-state index contributed by atoms with van der Waals surface area (Å²) in [7, 11) is 0. The molecule has 20 heavy (non-hydrogen) atoms. The van der Waals surface area contributed by atoms with Gasteiger partial charge in [-0.05, 0) is 0 Å². The van der Waals surface area contributed by atoms with E-state index < -0.39 is 42.7 Å². The van der Waals surface area contributed by atoms with E-state index in [2.05, 4.69) is 0 Å². The Morgan fingerprint density at radius 2 is 0.950 bits per heavy atom. The van der Waals surface area contributed by atoms with E-state index >= 15 is 0 Å². The van der Waals surface area contributed by atoms with Gasteiger partial charge in [-0.25, -0.2) is 4.39 Å². The smallest absolute Gasteiger partial charge is 0.244 e. The van der Waals surface area contributed by atoms with E-state index in [1.807, 2.05) is 0 Å². The normalized spacial score (nSPS) is 15.9. The van der Waals surface area contributed by atoms with Gasteiger partial charge in [0.1, 0.15) is 0 Å². The molecule has 0 bridgehead atoms. The fourth-order valence-electron chi connectivity index (χ4n) is 0.827. The Bertz CT molecular complexity index is 343. The van der Waals surface area contributed by atoms with E-state index in [-0.39, 0.29) is 0 Å². The van der Waals surface area contributed by atoms with Gasteiger partial charge < -0.3 is 0 Å². The van der Waals surface area contributed by atoms with Crippen LogP contribution in [0.1, 0.15) is 0 Å². The van der Waals surface area contributed by atoms with Crippen LogP contribution in [0.4, 0.5) is 57.1 Å². The zero-order chi connectivity index (χ0) is 16.8. The Morgan fingerprint density at radius 3 is 1.20 bits per heavy atom. The second kappa shape index (κ2) is 4.83. The van der Waals surface area contributed by atoms with Crippen molar-refractivity contribution in [3.63, 3.8) is 0 Å². The number of halogens is 13. The van der Waals surface area contributed by atoms with E-state index in [0.29, 0.717) is 0 Å². The molecular weight excluding hydrogens is 331 g/mol. The monoisotopic (exact) mass is 333 g/mol. The van der Waals surface area contributed by atoms with Crippen LogP contribution in [-0.4, -0.2) is 36.3 Å². The standard InChI is InChI=1S/C7H2F13/c8-1-3(11,12)5(15,16)7(19,20)6(17,18)4(13,14)2(9)10/h1H2. The molecule has 0 fully saturated rings. The van der Waals surface area contributed by atoms with Crippen molar-refractivity contribution in [1.82, 2.24) is 0 Å². The zero-order valence-electron chi connectivity index (χ0n) is 8.62. The SMILES string of the molecule is FCC(F)(F)C(F)(F)C(F)(F)C(F)(F)C(F)(F)[C](F)F. The molecule has 0 unspecified atom stereocenters. The maximum atomic E-state index is 12.5. The van der Waals surface area contributed by atoms with Crippen LogP contribution >= 0.6 is 0 Å². The molecule has 0 atom stereocenters. The van der Waals surface area contributed by atoms with Crippen molar-refractivity contribution < 1.29 is 57.1 Å². The van der Waals surface area contributed by atoms with Crippen molar-refractivity contribution in [2.24, 2.45) is 0 Å². The average molecular weight is 333 g/mol. The molecule has 0 aromatic heterocycles. The maximum absolute atomic E-state index is 12.5. The molecule has 1 radical (unpaired) electrons. The van der Waals surface area contributed by atoms with Crippen LogP contribution in [0.15, 0.2) is 0 Å². The first-order chi connectivity index (χ1) is 8.50. The van der Waals surface area contributed by atoms with E-state index in [4.69, 9.17) is 0 Å². The minimum atomic E-state index is -7.66. The first-order valence-corrected chi connectivity index (χ1v) is 4.14. The van der Waals surface area contributed by atoms with Crippen molar-refractivity contribution in [1.29, 1.82) is 0 Å². The number of hydrogen-bond acceptors (Lipinski definition) is 0. The molecule has 0 saturated carbocycles. The van der Waals surface area contributed by atoms with Crippen LogP contribution in [0.3, 0.4) is 0 Å². The Labute approximate surface area is 101 Å². The van der Waals surface area contributed by atoms with Crippen LogP contribution in [0.2, 0.25) is 0 Å². The number of hydrogen-bond donors (Lipinski definition) is 0. The number of rotatable bonds is 6. The molecule has 0 aliphatic carbocycles. The van der Waals surface area contributed by atoms with E-state index in [1.165, 1.54) is 0 Å². The summed E-state index contributed by atoms with van der Waals surface area (Å²) in [5.74, 6) is -36.2. The van der Waals surface area contributed by atoms with Crippen molar-refractivity contribution >= 4 is 0 Å². The molecule has 0 rings (SSSR count). The summed E-state index contributed by atoms with van der Waals surface area (Å²) in [5, 5.41) is 0. The third-order valence-electron chi connectivity index (χ3n) is 2.05. The lowest BCUT2D eigenvalue weighted by molar-refractivity contribution is -0.404. The molecule has 0 amide bonds. The van der Waals surface area contributed by atoms with Gasteiger partial charge in [0, 0.05) is 0 Å². The summed E-state index contributed by atoms with van der Waals surface area (Å²) in [6, 6.07) is 0. The summed E-state index contributed by atoms with van der Waals surface area (Å²) in [5.41, 5.74) is 0. The maximum Gasteiger partial charge on any atom is 0.385 e. The molecule has 0 spiro atoms. The second-order valence-electron chi connectivity index (χ2n) is 3.40. The van der Waals surface area contributed by atoms with Crippen molar-refractivity contribution in [3.8, 4) is 0 Å². The molecular formula is C7H2F13. The Kier molecular flexibility index (Phi) is 4.61. The summed E-state index contributed by atoms with van der Waals surface area (Å²) in [4.78, 5) is 0. The Morgan fingerprint density at radius 1 is 0.600 bits per heavy atom. The molecule has 13 heteroatoms. The van der Waals surface area contributed by atoms with Crippen LogP contribution in [0.5, 0.6) is 0 Å². The molecule has 0 nitrogen and oxygen atoms in total. The molecule has 0 saturated heterocycles. The summed E-state index contributed by atoms with van der Waals surface area (Å²) >= 11 is 0. The van der Waals surface area contributed by atoms with Gasteiger partial charge in [-0.3, -0.25) is 0 Å². The van der Waals surface area contributed by atoms with Gasteiger partial charge in [0.05, 0.1) is 0 Å². The van der Waals surface area contributed by atoms with Crippen LogP contribution in [-0.2, 0) is 0 Å². The molecule has 0 aromatic rings. The zero-order valence-corrected chi connectivity index (χ0v) is 8.62. The van der Waals surface area contributed by atoms with E-state index in [1.54, 1.807) is 0 Å².